The van der Waals surface area contributed by atoms with Gasteiger partial charge in [-0.1, -0.05) is 60.7 Å². The number of methoxy groups -OCH3 is 1. The van der Waals surface area contributed by atoms with Crippen LogP contribution in [0.4, 0.5) is 4.79 Å². The van der Waals surface area contributed by atoms with Crippen LogP contribution in [0.25, 0.3) is 0 Å². The molecule has 158 valence electrons. The number of rotatable bonds is 7. The third-order valence-electron chi connectivity index (χ3n) is 5.09. The van der Waals surface area contributed by atoms with E-state index in [9.17, 15) is 14.4 Å². The molecule has 2 atom stereocenters. The molecule has 2 aromatic carbocycles. The van der Waals surface area contributed by atoms with E-state index in [2.05, 4.69) is 5.32 Å². The minimum atomic E-state index is -0.846. The zero-order valence-corrected chi connectivity index (χ0v) is 17.0. The van der Waals surface area contributed by atoms with E-state index in [0.29, 0.717) is 25.8 Å². The summed E-state index contributed by atoms with van der Waals surface area (Å²) in [4.78, 5) is 39.2. The summed E-state index contributed by atoms with van der Waals surface area (Å²) in [5, 5.41) is 2.69. The predicted octanol–water partition coefficient (Wildman–Crippen LogP) is 2.69. The molecule has 1 aliphatic rings. The van der Waals surface area contributed by atoms with Gasteiger partial charge in [-0.15, -0.1) is 0 Å². The van der Waals surface area contributed by atoms with Gasteiger partial charge in [0.1, 0.15) is 18.7 Å². The van der Waals surface area contributed by atoms with Crippen LogP contribution in [0.5, 0.6) is 0 Å². The van der Waals surface area contributed by atoms with E-state index >= 15 is 0 Å². The number of likely N-dealkylation sites (tertiary alicyclic amines) is 1. The minimum absolute atomic E-state index is 0.105. The van der Waals surface area contributed by atoms with E-state index in [1.54, 1.807) is 0 Å². The molecular weight excluding hydrogens is 384 g/mol. The van der Waals surface area contributed by atoms with Crippen molar-refractivity contribution in [3.63, 3.8) is 0 Å². The van der Waals surface area contributed by atoms with E-state index < -0.39 is 24.1 Å². The Morgan fingerprint density at radius 3 is 2.30 bits per heavy atom. The van der Waals surface area contributed by atoms with Crippen LogP contribution in [-0.2, 0) is 32.1 Å². The highest BCUT2D eigenvalue weighted by Gasteiger charge is 2.38. The topological polar surface area (TPSA) is 84.9 Å². The largest absolute Gasteiger partial charge is 0.467 e. The summed E-state index contributed by atoms with van der Waals surface area (Å²) in [5.74, 6) is -0.755. The maximum Gasteiger partial charge on any atom is 0.408 e. The molecule has 2 aromatic rings. The second-order valence-electron chi connectivity index (χ2n) is 7.16. The molecule has 30 heavy (non-hydrogen) atoms. The molecule has 1 heterocycles. The second-order valence-corrected chi connectivity index (χ2v) is 7.16. The first-order valence-electron chi connectivity index (χ1n) is 9.98. The van der Waals surface area contributed by atoms with Gasteiger partial charge in [-0.05, 0) is 24.0 Å². The SMILES string of the molecule is COC(=O)C1CCCN1C(=O)C(Cc1ccccc1)NC(=O)OCc1ccccc1. The van der Waals surface area contributed by atoms with Gasteiger partial charge in [0.05, 0.1) is 7.11 Å². The zero-order valence-electron chi connectivity index (χ0n) is 17.0. The predicted molar refractivity (Wildman–Crippen MR) is 110 cm³/mol. The third-order valence-corrected chi connectivity index (χ3v) is 5.09. The highest BCUT2D eigenvalue weighted by atomic mass is 16.5. The summed E-state index contributed by atoms with van der Waals surface area (Å²) >= 11 is 0. The van der Waals surface area contributed by atoms with Crippen molar-refractivity contribution < 1.29 is 23.9 Å². The smallest absolute Gasteiger partial charge is 0.408 e. The molecule has 7 nitrogen and oxygen atoms in total. The van der Waals surface area contributed by atoms with E-state index in [1.165, 1.54) is 12.0 Å². The summed E-state index contributed by atoms with van der Waals surface area (Å²) in [6.45, 7) is 0.554. The molecule has 1 fully saturated rings. The first kappa shape index (κ1) is 21.4. The fourth-order valence-corrected chi connectivity index (χ4v) is 3.57. The molecule has 3 rings (SSSR count). The fraction of sp³-hybridized carbons (Fsp3) is 0.348. The molecule has 0 spiro atoms. The Kier molecular flexibility index (Phi) is 7.43. The molecule has 2 unspecified atom stereocenters. The van der Waals surface area contributed by atoms with Crippen molar-refractivity contribution in [2.24, 2.45) is 0 Å². The number of hydrogen-bond donors (Lipinski definition) is 1. The molecular formula is C23H26N2O5. The van der Waals surface area contributed by atoms with Crippen LogP contribution in [0.2, 0.25) is 0 Å². The molecule has 1 aliphatic heterocycles. The van der Waals surface area contributed by atoms with Crippen molar-refractivity contribution in [2.45, 2.75) is 38.0 Å². The lowest BCUT2D eigenvalue weighted by molar-refractivity contribution is -0.151. The van der Waals surface area contributed by atoms with Crippen molar-refractivity contribution in [3.8, 4) is 0 Å². The number of nitrogens with zero attached hydrogens (tertiary/aromatic N) is 1. The number of carbonyl (C=O) groups is 3. The summed E-state index contributed by atoms with van der Waals surface area (Å²) in [6, 6.07) is 17.2. The van der Waals surface area contributed by atoms with Crippen molar-refractivity contribution in [1.29, 1.82) is 0 Å². The zero-order chi connectivity index (χ0) is 21.3. The lowest BCUT2D eigenvalue weighted by Gasteiger charge is -2.28. The van der Waals surface area contributed by atoms with E-state index in [0.717, 1.165) is 11.1 Å². The Morgan fingerprint density at radius 1 is 1.03 bits per heavy atom. The summed E-state index contributed by atoms with van der Waals surface area (Å²) in [7, 11) is 1.31. The van der Waals surface area contributed by atoms with Gasteiger partial charge in [0.25, 0.3) is 0 Å². The maximum atomic E-state index is 13.2. The van der Waals surface area contributed by atoms with Crippen LogP contribution in [0.3, 0.4) is 0 Å². The molecule has 2 amide bonds. The number of amides is 2. The second kappa shape index (κ2) is 10.4. The average Bonchev–Trinajstić information content (AvgIpc) is 3.27. The molecule has 0 radical (unpaired) electrons. The molecule has 0 bridgehead atoms. The van der Waals surface area contributed by atoms with E-state index in [4.69, 9.17) is 9.47 Å². The quantitative estimate of drug-likeness (QED) is 0.710. The standard InChI is InChI=1S/C23H26N2O5/c1-29-22(27)20-13-8-14-25(20)21(26)19(15-17-9-4-2-5-10-17)24-23(28)30-16-18-11-6-3-7-12-18/h2-7,9-12,19-20H,8,13-16H2,1H3,(H,24,28). The minimum Gasteiger partial charge on any atom is -0.467 e. The molecule has 1 N–H and O–H groups in total. The Morgan fingerprint density at radius 2 is 1.67 bits per heavy atom. The van der Waals surface area contributed by atoms with Gasteiger partial charge < -0.3 is 19.7 Å². The number of benzene rings is 2. The molecule has 1 saturated heterocycles. The lowest BCUT2D eigenvalue weighted by Crippen LogP contribution is -2.52. The van der Waals surface area contributed by atoms with Crippen molar-refractivity contribution in [3.05, 3.63) is 71.8 Å². The van der Waals surface area contributed by atoms with Gasteiger partial charge in [0.15, 0.2) is 0 Å². The molecule has 0 saturated carbocycles. The van der Waals surface area contributed by atoms with Crippen molar-refractivity contribution in [1.82, 2.24) is 10.2 Å². The summed E-state index contributed by atoms with van der Waals surface area (Å²) in [6.07, 6.45) is 0.878. The van der Waals surface area contributed by atoms with Crippen LogP contribution in [0, 0.1) is 0 Å². The number of alkyl carbamates (subject to hydrolysis) is 1. The maximum absolute atomic E-state index is 13.2. The van der Waals surface area contributed by atoms with E-state index in [1.807, 2.05) is 60.7 Å². The lowest BCUT2D eigenvalue weighted by atomic mass is 10.0. The highest BCUT2D eigenvalue weighted by Crippen LogP contribution is 2.20. The Balaban J connectivity index is 1.70. The van der Waals surface area contributed by atoms with Crippen LogP contribution >= 0.6 is 0 Å². The molecule has 0 aliphatic carbocycles. The van der Waals surface area contributed by atoms with Gasteiger partial charge in [-0.25, -0.2) is 9.59 Å². The third kappa shape index (κ3) is 5.59. The van der Waals surface area contributed by atoms with Gasteiger partial charge in [-0.2, -0.15) is 0 Å². The molecule has 7 heteroatoms. The average molecular weight is 410 g/mol. The Labute approximate surface area is 176 Å². The monoisotopic (exact) mass is 410 g/mol. The number of ether oxygens (including phenoxy) is 2. The number of carbonyl (C=O) groups excluding carboxylic acids is 3. The number of esters is 1. The van der Waals surface area contributed by atoms with Crippen LogP contribution in [0.15, 0.2) is 60.7 Å². The first-order valence-corrected chi connectivity index (χ1v) is 9.98. The van der Waals surface area contributed by atoms with Gasteiger partial charge >= 0.3 is 12.1 Å². The van der Waals surface area contributed by atoms with Crippen LogP contribution < -0.4 is 5.32 Å². The Hall–Kier alpha value is -3.35. The van der Waals surface area contributed by atoms with Gasteiger partial charge in [-0.3, -0.25) is 4.79 Å². The van der Waals surface area contributed by atoms with Crippen molar-refractivity contribution >= 4 is 18.0 Å². The van der Waals surface area contributed by atoms with Crippen LogP contribution in [-0.4, -0.2) is 48.6 Å². The summed E-state index contributed by atoms with van der Waals surface area (Å²) < 4.78 is 10.1. The van der Waals surface area contributed by atoms with E-state index in [-0.39, 0.29) is 12.5 Å². The van der Waals surface area contributed by atoms with Crippen molar-refractivity contribution in [2.75, 3.05) is 13.7 Å². The fourth-order valence-electron chi connectivity index (χ4n) is 3.57. The van der Waals surface area contributed by atoms with Gasteiger partial charge in [0, 0.05) is 13.0 Å². The normalized spacial score (nSPS) is 16.6. The first-order chi connectivity index (χ1) is 14.6. The highest BCUT2D eigenvalue weighted by molar-refractivity contribution is 5.90. The Bertz CT molecular complexity index is 856. The summed E-state index contributed by atoms with van der Waals surface area (Å²) in [5.41, 5.74) is 1.75. The van der Waals surface area contributed by atoms with Gasteiger partial charge in [0.2, 0.25) is 5.91 Å². The number of hydrogen-bond acceptors (Lipinski definition) is 5. The molecule has 0 aromatic heterocycles. The number of nitrogens with one attached hydrogen (secondary N) is 1. The van der Waals surface area contributed by atoms with Crippen LogP contribution in [0.1, 0.15) is 24.0 Å².